The second-order valence-corrected chi connectivity index (χ2v) is 4.86. The molecule has 106 valence electrons. The fourth-order valence-corrected chi connectivity index (χ4v) is 2.22. The summed E-state index contributed by atoms with van der Waals surface area (Å²) in [5, 5.41) is 8.29. The highest BCUT2D eigenvalue weighted by Gasteiger charge is 2.10. The molecule has 2 rings (SSSR count). The zero-order valence-corrected chi connectivity index (χ0v) is 11.9. The molecule has 0 saturated carbocycles. The van der Waals surface area contributed by atoms with Crippen molar-refractivity contribution in [2.24, 2.45) is 0 Å². The summed E-state index contributed by atoms with van der Waals surface area (Å²) >= 11 is 1.38. The van der Waals surface area contributed by atoms with Gasteiger partial charge in [0.2, 0.25) is 0 Å². The molecule has 2 aromatic heterocycles. The molecule has 0 atom stereocenters. The summed E-state index contributed by atoms with van der Waals surface area (Å²) in [6, 6.07) is 3.72. The van der Waals surface area contributed by atoms with E-state index in [9.17, 15) is 4.79 Å². The van der Waals surface area contributed by atoms with E-state index in [1.807, 2.05) is 12.1 Å². The molecule has 0 spiro atoms. The van der Waals surface area contributed by atoms with Crippen LogP contribution in [-0.2, 0) is 4.74 Å². The van der Waals surface area contributed by atoms with Crippen LogP contribution in [0.25, 0.3) is 0 Å². The Hall–Kier alpha value is -1.99. The monoisotopic (exact) mass is 292 g/mol. The van der Waals surface area contributed by atoms with Gasteiger partial charge in [-0.1, -0.05) is 0 Å². The number of carbonyl (C=O) groups is 1. The third-order valence-corrected chi connectivity index (χ3v) is 3.22. The van der Waals surface area contributed by atoms with E-state index in [2.05, 4.69) is 20.6 Å². The molecule has 6 nitrogen and oxygen atoms in total. The number of carbonyl (C=O) groups excluding carboxylic acids is 1. The Balaban J connectivity index is 1.87. The summed E-state index contributed by atoms with van der Waals surface area (Å²) in [5.74, 6) is -0.170. The topological polar surface area (TPSA) is 76.1 Å². The third kappa shape index (κ3) is 4.29. The SMILES string of the molecule is COCCCNC(=O)c1csc(Nc2cccnc2)n1. The molecule has 0 aromatic carbocycles. The smallest absolute Gasteiger partial charge is 0.270 e. The summed E-state index contributed by atoms with van der Waals surface area (Å²) in [4.78, 5) is 20.1. The minimum Gasteiger partial charge on any atom is -0.385 e. The van der Waals surface area contributed by atoms with Crippen molar-refractivity contribution in [3.8, 4) is 0 Å². The van der Waals surface area contributed by atoms with Crippen molar-refractivity contribution < 1.29 is 9.53 Å². The van der Waals surface area contributed by atoms with Crippen molar-refractivity contribution in [3.63, 3.8) is 0 Å². The van der Waals surface area contributed by atoms with Gasteiger partial charge in [0, 0.05) is 31.8 Å². The van der Waals surface area contributed by atoms with E-state index in [0.29, 0.717) is 24.0 Å². The van der Waals surface area contributed by atoms with Gasteiger partial charge >= 0.3 is 0 Å². The van der Waals surface area contributed by atoms with Crippen LogP contribution in [0.1, 0.15) is 16.9 Å². The van der Waals surface area contributed by atoms with Gasteiger partial charge in [-0.3, -0.25) is 9.78 Å². The highest BCUT2D eigenvalue weighted by Crippen LogP contribution is 2.19. The van der Waals surface area contributed by atoms with E-state index >= 15 is 0 Å². The van der Waals surface area contributed by atoms with E-state index in [1.165, 1.54) is 11.3 Å². The van der Waals surface area contributed by atoms with E-state index in [1.54, 1.807) is 24.9 Å². The lowest BCUT2D eigenvalue weighted by Crippen LogP contribution is -2.25. The van der Waals surface area contributed by atoms with Gasteiger partial charge in [-0.15, -0.1) is 11.3 Å². The number of rotatable bonds is 7. The first kappa shape index (κ1) is 14.4. The predicted molar refractivity (Wildman–Crippen MR) is 78.5 cm³/mol. The Morgan fingerprint density at radius 3 is 3.15 bits per heavy atom. The molecule has 2 N–H and O–H groups in total. The van der Waals surface area contributed by atoms with Gasteiger partial charge in [-0.2, -0.15) is 0 Å². The average Bonchev–Trinajstić information content (AvgIpc) is 2.93. The number of aromatic nitrogens is 2. The number of methoxy groups -OCH3 is 1. The zero-order valence-electron chi connectivity index (χ0n) is 11.1. The van der Waals surface area contributed by atoms with E-state index in [4.69, 9.17) is 4.74 Å². The molecule has 2 heterocycles. The third-order valence-electron chi connectivity index (χ3n) is 2.46. The van der Waals surface area contributed by atoms with Crippen LogP contribution in [0.5, 0.6) is 0 Å². The van der Waals surface area contributed by atoms with Crippen LogP contribution in [0, 0.1) is 0 Å². The molecule has 0 aliphatic rings. The summed E-state index contributed by atoms with van der Waals surface area (Å²) < 4.78 is 4.92. The second-order valence-electron chi connectivity index (χ2n) is 4.01. The van der Waals surface area contributed by atoms with Crippen LogP contribution in [0.4, 0.5) is 10.8 Å². The number of anilines is 2. The number of pyridine rings is 1. The van der Waals surface area contributed by atoms with Gasteiger partial charge in [0.25, 0.3) is 5.91 Å². The minimum absolute atomic E-state index is 0.170. The van der Waals surface area contributed by atoms with Crippen molar-refractivity contribution in [3.05, 3.63) is 35.6 Å². The highest BCUT2D eigenvalue weighted by atomic mass is 32.1. The molecule has 0 radical (unpaired) electrons. The van der Waals surface area contributed by atoms with E-state index < -0.39 is 0 Å². The van der Waals surface area contributed by atoms with Gasteiger partial charge in [0.05, 0.1) is 11.9 Å². The van der Waals surface area contributed by atoms with Crippen LogP contribution in [0.3, 0.4) is 0 Å². The highest BCUT2D eigenvalue weighted by molar-refractivity contribution is 7.14. The van der Waals surface area contributed by atoms with E-state index in [0.717, 1.165) is 12.1 Å². The summed E-state index contributed by atoms with van der Waals surface area (Å²) in [5.41, 5.74) is 1.26. The Bertz CT molecular complexity index is 544. The quantitative estimate of drug-likeness (QED) is 0.764. The van der Waals surface area contributed by atoms with Gasteiger partial charge in [0.15, 0.2) is 5.13 Å². The van der Waals surface area contributed by atoms with Gasteiger partial charge in [0.1, 0.15) is 5.69 Å². The molecule has 0 saturated heterocycles. The molecule has 1 amide bonds. The van der Waals surface area contributed by atoms with Gasteiger partial charge in [-0.05, 0) is 18.6 Å². The molecule has 7 heteroatoms. The minimum atomic E-state index is -0.170. The van der Waals surface area contributed by atoms with Crippen LogP contribution >= 0.6 is 11.3 Å². The largest absolute Gasteiger partial charge is 0.385 e. The number of thiazole rings is 1. The van der Waals surface area contributed by atoms with Crippen molar-refractivity contribution in [1.29, 1.82) is 0 Å². The number of hydrogen-bond donors (Lipinski definition) is 2. The number of nitrogens with one attached hydrogen (secondary N) is 2. The number of hydrogen-bond acceptors (Lipinski definition) is 6. The lowest BCUT2D eigenvalue weighted by Gasteiger charge is -2.02. The molecule has 2 aromatic rings. The molecule has 0 aliphatic carbocycles. The maximum absolute atomic E-state index is 11.8. The predicted octanol–water partition coefficient (Wildman–Crippen LogP) is 2.05. The van der Waals surface area contributed by atoms with Crippen molar-refractivity contribution in [2.45, 2.75) is 6.42 Å². The second kappa shape index (κ2) is 7.56. The molecule has 20 heavy (non-hydrogen) atoms. The van der Waals surface area contributed by atoms with Crippen LogP contribution in [0.2, 0.25) is 0 Å². The first-order chi connectivity index (χ1) is 9.79. The van der Waals surface area contributed by atoms with Gasteiger partial charge in [-0.25, -0.2) is 4.98 Å². The van der Waals surface area contributed by atoms with Crippen molar-refractivity contribution in [1.82, 2.24) is 15.3 Å². The standard InChI is InChI=1S/C13H16N4O2S/c1-19-7-3-6-15-12(18)11-9-20-13(17-11)16-10-4-2-5-14-8-10/h2,4-5,8-9H,3,6-7H2,1H3,(H,15,18)(H,16,17). The summed E-state index contributed by atoms with van der Waals surface area (Å²) in [6.45, 7) is 1.21. The summed E-state index contributed by atoms with van der Waals surface area (Å²) in [7, 11) is 1.64. The molecule has 0 fully saturated rings. The zero-order chi connectivity index (χ0) is 14.2. The van der Waals surface area contributed by atoms with Crippen molar-refractivity contribution in [2.75, 3.05) is 25.6 Å². The fraction of sp³-hybridized carbons (Fsp3) is 0.308. The van der Waals surface area contributed by atoms with Crippen LogP contribution < -0.4 is 10.6 Å². The lowest BCUT2D eigenvalue weighted by atomic mass is 10.4. The normalized spacial score (nSPS) is 10.2. The molecule has 0 aliphatic heterocycles. The Morgan fingerprint density at radius 1 is 1.50 bits per heavy atom. The van der Waals surface area contributed by atoms with Crippen LogP contribution in [-0.4, -0.2) is 36.1 Å². The Kier molecular flexibility index (Phi) is 5.45. The lowest BCUT2D eigenvalue weighted by molar-refractivity contribution is 0.0944. The Labute approximate surface area is 121 Å². The summed E-state index contributed by atoms with van der Waals surface area (Å²) in [6.07, 6.45) is 4.19. The average molecular weight is 292 g/mol. The number of nitrogens with zero attached hydrogens (tertiary/aromatic N) is 2. The maximum Gasteiger partial charge on any atom is 0.270 e. The first-order valence-corrected chi connectivity index (χ1v) is 7.07. The number of ether oxygens (including phenoxy) is 1. The molecular weight excluding hydrogens is 276 g/mol. The van der Waals surface area contributed by atoms with Crippen LogP contribution in [0.15, 0.2) is 29.9 Å². The molecule has 0 unspecified atom stereocenters. The van der Waals surface area contributed by atoms with Gasteiger partial charge < -0.3 is 15.4 Å². The van der Waals surface area contributed by atoms with Crippen molar-refractivity contribution >= 4 is 28.1 Å². The molecule has 0 bridgehead atoms. The van der Waals surface area contributed by atoms with E-state index in [-0.39, 0.29) is 5.91 Å². The number of amides is 1. The maximum atomic E-state index is 11.8. The Morgan fingerprint density at radius 2 is 2.40 bits per heavy atom. The molecular formula is C13H16N4O2S. The first-order valence-electron chi connectivity index (χ1n) is 6.19. The fourth-order valence-electron chi connectivity index (χ4n) is 1.50.